The zero-order valence-electron chi connectivity index (χ0n) is 14.3. The van der Waals surface area contributed by atoms with Crippen LogP contribution in [0, 0.1) is 11.8 Å². The fourth-order valence-corrected chi connectivity index (χ4v) is 3.54. The number of carbonyl (C=O) groups is 3. The molecule has 0 heterocycles. The topological polar surface area (TPSA) is 95.5 Å². The lowest BCUT2D eigenvalue weighted by molar-refractivity contribution is -0.314. The Morgan fingerprint density at radius 2 is 1.85 bits per heavy atom. The molecular formula is C18H20Cl2NO5-. The molecule has 1 N–H and O–H groups in total. The Labute approximate surface area is 161 Å². The number of amides is 1. The maximum absolute atomic E-state index is 12.7. The number of ether oxygens (including phenoxy) is 1. The van der Waals surface area contributed by atoms with Gasteiger partial charge in [-0.05, 0) is 30.5 Å². The van der Waals surface area contributed by atoms with E-state index in [-0.39, 0.29) is 6.42 Å². The van der Waals surface area contributed by atoms with Crippen LogP contribution in [0.25, 0.3) is 0 Å². The van der Waals surface area contributed by atoms with Gasteiger partial charge in [0.05, 0.1) is 29.6 Å². The molecule has 1 fully saturated rings. The summed E-state index contributed by atoms with van der Waals surface area (Å²) in [6, 6.07) is 4.09. The monoisotopic (exact) mass is 400 g/mol. The maximum atomic E-state index is 12.7. The average molecular weight is 401 g/mol. The Hall–Kier alpha value is -1.79. The van der Waals surface area contributed by atoms with Crippen molar-refractivity contribution in [3.8, 4) is 0 Å². The predicted octanol–water partition coefficient (Wildman–Crippen LogP) is 2.27. The summed E-state index contributed by atoms with van der Waals surface area (Å²) < 4.78 is 4.69. The van der Waals surface area contributed by atoms with Crippen LogP contribution in [0.5, 0.6) is 0 Å². The summed E-state index contributed by atoms with van der Waals surface area (Å²) in [7, 11) is 1.25. The normalized spacial score (nSPS) is 20.9. The summed E-state index contributed by atoms with van der Waals surface area (Å²) in [6.45, 7) is 0. The third-order valence-electron chi connectivity index (χ3n) is 4.67. The van der Waals surface area contributed by atoms with Crippen LogP contribution in [0.15, 0.2) is 18.2 Å². The maximum Gasteiger partial charge on any atom is 0.307 e. The second kappa shape index (κ2) is 9.24. The molecule has 1 saturated carbocycles. The van der Waals surface area contributed by atoms with Crippen molar-refractivity contribution in [3.63, 3.8) is 0 Å². The number of carboxylic acids is 1. The Morgan fingerprint density at radius 1 is 1.19 bits per heavy atom. The first kappa shape index (κ1) is 20.5. The molecule has 3 atom stereocenters. The van der Waals surface area contributed by atoms with Crippen LogP contribution >= 0.6 is 23.2 Å². The highest BCUT2D eigenvalue weighted by Gasteiger charge is 2.33. The van der Waals surface area contributed by atoms with Crippen molar-refractivity contribution >= 4 is 41.0 Å². The SMILES string of the molecule is COC(=O)C[C@H](NC(=O)[C@H]1CCCC[C@@H]1C(=O)[O-])c1ccc(Cl)c(Cl)c1. The second-order valence-electron chi connectivity index (χ2n) is 6.33. The molecule has 2 rings (SSSR count). The van der Waals surface area contributed by atoms with Crippen LogP contribution in [-0.4, -0.2) is 25.0 Å². The smallest absolute Gasteiger partial charge is 0.307 e. The fraction of sp³-hybridized carbons (Fsp3) is 0.500. The molecule has 1 aromatic rings. The van der Waals surface area contributed by atoms with Crippen LogP contribution in [-0.2, 0) is 19.1 Å². The van der Waals surface area contributed by atoms with E-state index in [2.05, 4.69) is 10.1 Å². The van der Waals surface area contributed by atoms with Gasteiger partial charge in [0, 0.05) is 17.8 Å². The number of halogens is 2. The lowest BCUT2D eigenvalue weighted by Crippen LogP contribution is -2.45. The number of hydrogen-bond donors (Lipinski definition) is 1. The van der Waals surface area contributed by atoms with Crippen LogP contribution < -0.4 is 10.4 Å². The Bertz CT molecular complexity index is 694. The molecule has 1 aliphatic carbocycles. The van der Waals surface area contributed by atoms with Crippen LogP contribution in [0.3, 0.4) is 0 Å². The van der Waals surface area contributed by atoms with Gasteiger partial charge < -0.3 is 20.0 Å². The first-order valence-corrected chi connectivity index (χ1v) is 9.12. The van der Waals surface area contributed by atoms with Gasteiger partial charge in [-0.3, -0.25) is 9.59 Å². The number of rotatable bonds is 6. The fourth-order valence-electron chi connectivity index (χ4n) is 3.24. The van der Waals surface area contributed by atoms with Crippen molar-refractivity contribution in [1.29, 1.82) is 0 Å². The van der Waals surface area contributed by atoms with Gasteiger partial charge in [-0.2, -0.15) is 0 Å². The molecule has 6 nitrogen and oxygen atoms in total. The van der Waals surface area contributed by atoms with Gasteiger partial charge in [-0.1, -0.05) is 42.1 Å². The number of benzene rings is 1. The lowest BCUT2D eigenvalue weighted by Gasteiger charge is -2.32. The van der Waals surface area contributed by atoms with E-state index in [1.165, 1.54) is 7.11 Å². The molecule has 142 valence electrons. The molecule has 1 aliphatic rings. The van der Waals surface area contributed by atoms with E-state index in [1.54, 1.807) is 18.2 Å². The first-order valence-electron chi connectivity index (χ1n) is 8.36. The zero-order valence-corrected chi connectivity index (χ0v) is 15.8. The van der Waals surface area contributed by atoms with Crippen LogP contribution in [0.1, 0.15) is 43.7 Å². The largest absolute Gasteiger partial charge is 0.550 e. The minimum absolute atomic E-state index is 0.108. The summed E-state index contributed by atoms with van der Waals surface area (Å²) in [6.07, 6.45) is 2.30. The molecule has 0 aliphatic heterocycles. The number of esters is 1. The first-order chi connectivity index (χ1) is 12.3. The quantitative estimate of drug-likeness (QED) is 0.738. The van der Waals surface area contributed by atoms with E-state index in [1.807, 2.05) is 0 Å². The molecule has 0 radical (unpaired) electrons. The van der Waals surface area contributed by atoms with Crippen molar-refractivity contribution in [2.24, 2.45) is 11.8 Å². The van der Waals surface area contributed by atoms with E-state index >= 15 is 0 Å². The van der Waals surface area contributed by atoms with Gasteiger partial charge in [0.25, 0.3) is 0 Å². The van der Waals surface area contributed by atoms with Gasteiger partial charge in [0.2, 0.25) is 5.91 Å². The van der Waals surface area contributed by atoms with Crippen molar-refractivity contribution < 1.29 is 24.2 Å². The standard InChI is InChI=1S/C18H21Cl2NO5/c1-26-16(22)9-15(10-6-7-13(19)14(20)8-10)21-17(23)11-4-2-3-5-12(11)18(24)25/h6-8,11-12,15H,2-5,9H2,1H3,(H,21,23)(H,24,25)/p-1/t11-,12-,15-/m0/s1. The van der Waals surface area contributed by atoms with Crippen LogP contribution in [0.4, 0.5) is 0 Å². The van der Waals surface area contributed by atoms with E-state index < -0.39 is 35.7 Å². The van der Waals surface area contributed by atoms with Gasteiger partial charge in [0.1, 0.15) is 0 Å². The van der Waals surface area contributed by atoms with Crippen molar-refractivity contribution in [2.75, 3.05) is 7.11 Å². The Balaban J connectivity index is 2.22. The number of nitrogens with one attached hydrogen (secondary N) is 1. The second-order valence-corrected chi connectivity index (χ2v) is 7.15. The Kier molecular flexibility index (Phi) is 7.29. The van der Waals surface area contributed by atoms with Gasteiger partial charge in [0.15, 0.2) is 0 Å². The van der Waals surface area contributed by atoms with Crippen molar-refractivity contribution in [2.45, 2.75) is 38.1 Å². The lowest BCUT2D eigenvalue weighted by atomic mass is 9.78. The molecule has 8 heteroatoms. The van der Waals surface area contributed by atoms with Gasteiger partial charge in [-0.25, -0.2) is 0 Å². The minimum Gasteiger partial charge on any atom is -0.550 e. The summed E-state index contributed by atoms with van der Waals surface area (Å²) in [5, 5.41) is 14.7. The summed E-state index contributed by atoms with van der Waals surface area (Å²) in [5.74, 6) is -3.66. The Morgan fingerprint density at radius 3 is 2.42 bits per heavy atom. The molecule has 26 heavy (non-hydrogen) atoms. The predicted molar refractivity (Wildman–Crippen MR) is 94.4 cm³/mol. The summed E-state index contributed by atoms with van der Waals surface area (Å²) in [5.41, 5.74) is 0.582. The summed E-state index contributed by atoms with van der Waals surface area (Å²) >= 11 is 11.9. The average Bonchev–Trinajstić information content (AvgIpc) is 2.63. The number of methoxy groups -OCH3 is 1. The summed E-state index contributed by atoms with van der Waals surface area (Å²) in [4.78, 5) is 35.8. The third-order valence-corrected chi connectivity index (χ3v) is 5.41. The molecule has 1 aromatic carbocycles. The van der Waals surface area contributed by atoms with Gasteiger partial charge in [-0.15, -0.1) is 0 Å². The van der Waals surface area contributed by atoms with Crippen LogP contribution in [0.2, 0.25) is 10.0 Å². The van der Waals surface area contributed by atoms with Crippen molar-refractivity contribution in [3.05, 3.63) is 33.8 Å². The number of hydrogen-bond acceptors (Lipinski definition) is 5. The molecule has 0 bridgehead atoms. The molecule has 0 saturated heterocycles. The van der Waals surface area contributed by atoms with E-state index in [0.29, 0.717) is 28.5 Å². The molecule has 0 unspecified atom stereocenters. The molecule has 1 amide bonds. The minimum atomic E-state index is -1.22. The molecular weight excluding hydrogens is 381 g/mol. The molecule has 0 spiro atoms. The highest BCUT2D eigenvalue weighted by Crippen LogP contribution is 2.32. The van der Waals surface area contributed by atoms with E-state index in [4.69, 9.17) is 23.2 Å². The number of aliphatic carboxylic acids is 1. The van der Waals surface area contributed by atoms with E-state index in [0.717, 1.165) is 12.8 Å². The number of carboxylic acid groups (broad SMARTS) is 1. The third kappa shape index (κ3) is 5.11. The highest BCUT2D eigenvalue weighted by atomic mass is 35.5. The molecule has 0 aromatic heterocycles. The zero-order chi connectivity index (χ0) is 19.3. The highest BCUT2D eigenvalue weighted by molar-refractivity contribution is 6.42. The van der Waals surface area contributed by atoms with Crippen molar-refractivity contribution in [1.82, 2.24) is 5.32 Å². The van der Waals surface area contributed by atoms with E-state index in [9.17, 15) is 19.5 Å². The van der Waals surface area contributed by atoms with Gasteiger partial charge >= 0.3 is 5.97 Å². The number of carbonyl (C=O) groups excluding carboxylic acids is 3.